The molecule has 2 N–H and O–H groups in total. The van der Waals surface area contributed by atoms with E-state index in [0.29, 0.717) is 12.8 Å². The van der Waals surface area contributed by atoms with Crippen LogP contribution in [0.3, 0.4) is 0 Å². The predicted octanol–water partition coefficient (Wildman–Crippen LogP) is 2.72. The van der Waals surface area contributed by atoms with Gasteiger partial charge in [-0.25, -0.2) is 21.6 Å². The van der Waals surface area contributed by atoms with E-state index in [0.717, 1.165) is 30.5 Å². The minimum absolute atomic E-state index is 0.0833. The van der Waals surface area contributed by atoms with Crippen molar-refractivity contribution >= 4 is 15.7 Å². The summed E-state index contributed by atoms with van der Waals surface area (Å²) in [6.07, 6.45) is -1.68. The zero-order valence-electron chi connectivity index (χ0n) is 16.9. The summed E-state index contributed by atoms with van der Waals surface area (Å²) in [7, 11) is -4.33. The van der Waals surface area contributed by atoms with Gasteiger partial charge in [0.15, 0.2) is 9.84 Å². The topological polar surface area (TPSA) is 123 Å². The van der Waals surface area contributed by atoms with E-state index in [9.17, 15) is 31.6 Å². The van der Waals surface area contributed by atoms with Gasteiger partial charge in [-0.1, -0.05) is 12.1 Å². The molecule has 31 heavy (non-hydrogen) atoms. The van der Waals surface area contributed by atoms with Gasteiger partial charge in [0.2, 0.25) is 4.87 Å². The number of sulfone groups is 1. The molecule has 0 heterocycles. The fraction of sp³-hybridized carbons (Fsp3) is 0.550. The van der Waals surface area contributed by atoms with Crippen molar-refractivity contribution in [3.8, 4) is 12.1 Å². The molecule has 0 bridgehead atoms. The monoisotopic (exact) mass is 456 g/mol. The lowest BCUT2D eigenvalue weighted by atomic mass is 10.0. The molecule has 1 aromatic rings. The average molecular weight is 456 g/mol. The normalized spacial score (nSPS) is 17.8. The Balaban J connectivity index is 2.48. The molecule has 0 saturated heterocycles. The Morgan fingerprint density at radius 3 is 2.29 bits per heavy atom. The van der Waals surface area contributed by atoms with Gasteiger partial charge in [-0.2, -0.15) is 10.5 Å². The molecule has 2 rings (SSSR count). The van der Waals surface area contributed by atoms with Crippen molar-refractivity contribution in [1.82, 2.24) is 10.6 Å². The zero-order valence-corrected chi connectivity index (χ0v) is 17.7. The maximum atomic E-state index is 13.9. The van der Waals surface area contributed by atoms with Gasteiger partial charge in [0.1, 0.15) is 11.4 Å². The highest BCUT2D eigenvalue weighted by molar-refractivity contribution is 7.92. The summed E-state index contributed by atoms with van der Waals surface area (Å²) < 4.78 is 66.8. The van der Waals surface area contributed by atoms with E-state index in [2.05, 4.69) is 10.6 Å². The highest BCUT2D eigenvalue weighted by atomic mass is 32.2. The lowest BCUT2D eigenvalue weighted by Crippen LogP contribution is -2.64. The third-order valence-corrected chi connectivity index (χ3v) is 7.03. The van der Waals surface area contributed by atoms with Gasteiger partial charge in [-0.05, 0) is 49.8 Å². The molecular weight excluding hydrogens is 433 g/mol. The zero-order chi connectivity index (χ0) is 23.3. The lowest BCUT2D eigenvalue weighted by Gasteiger charge is -2.36. The number of benzene rings is 1. The Morgan fingerprint density at radius 2 is 1.84 bits per heavy atom. The van der Waals surface area contributed by atoms with Crippen LogP contribution in [0.4, 0.5) is 13.2 Å². The van der Waals surface area contributed by atoms with Gasteiger partial charge in [-0.15, -0.1) is 0 Å². The van der Waals surface area contributed by atoms with E-state index >= 15 is 0 Å². The number of rotatable bonds is 11. The van der Waals surface area contributed by atoms with E-state index in [1.807, 2.05) is 12.1 Å². The molecule has 1 saturated carbocycles. The van der Waals surface area contributed by atoms with Crippen molar-refractivity contribution in [1.29, 1.82) is 10.5 Å². The van der Waals surface area contributed by atoms with Crippen LogP contribution in [0.1, 0.15) is 50.1 Å². The summed E-state index contributed by atoms with van der Waals surface area (Å²) in [6, 6.07) is 5.99. The molecule has 1 amide bonds. The smallest absolute Gasteiger partial charge is 0.257 e. The van der Waals surface area contributed by atoms with Gasteiger partial charge in [0.05, 0.1) is 18.2 Å². The van der Waals surface area contributed by atoms with Crippen molar-refractivity contribution in [3.63, 3.8) is 0 Å². The Labute approximate surface area is 179 Å². The number of halogens is 3. The summed E-state index contributed by atoms with van der Waals surface area (Å²) >= 11 is 0. The van der Waals surface area contributed by atoms with Crippen LogP contribution in [-0.4, -0.2) is 37.4 Å². The second kappa shape index (κ2) is 9.67. The van der Waals surface area contributed by atoms with Gasteiger partial charge in [0.25, 0.3) is 12.3 Å². The number of nitrogens with zero attached hydrogens (tertiary/aromatic N) is 2. The molecular formula is C20H23F3N4O3S. The molecule has 1 fully saturated rings. The largest absolute Gasteiger partial charge is 0.335 e. The van der Waals surface area contributed by atoms with Crippen molar-refractivity contribution in [2.75, 3.05) is 6.26 Å². The van der Waals surface area contributed by atoms with Crippen LogP contribution >= 0.6 is 0 Å². The number of amides is 1. The lowest BCUT2D eigenvalue weighted by molar-refractivity contribution is -0.126. The number of carbonyl (C=O) groups excluding carboxylic acids is 1. The summed E-state index contributed by atoms with van der Waals surface area (Å²) in [5.74, 6) is -1.76. The molecule has 1 aliphatic rings. The highest BCUT2D eigenvalue weighted by Gasteiger charge is 2.54. The van der Waals surface area contributed by atoms with E-state index in [1.165, 1.54) is 0 Å². The molecule has 0 radical (unpaired) electrons. The summed E-state index contributed by atoms with van der Waals surface area (Å²) in [6.45, 7) is 0. The number of hydrogen-bond acceptors (Lipinski definition) is 6. The first-order valence-corrected chi connectivity index (χ1v) is 11.5. The minimum atomic E-state index is -4.33. The summed E-state index contributed by atoms with van der Waals surface area (Å²) in [5.41, 5.74) is -1.33. The van der Waals surface area contributed by atoms with Crippen molar-refractivity contribution in [3.05, 3.63) is 35.6 Å². The van der Waals surface area contributed by atoms with E-state index in [-0.39, 0.29) is 31.2 Å². The Kier molecular flexibility index (Phi) is 7.68. The van der Waals surface area contributed by atoms with Crippen LogP contribution in [0.25, 0.3) is 0 Å². The number of unbranched alkanes of at least 4 members (excludes halogenated alkanes) is 2. The van der Waals surface area contributed by atoms with Gasteiger partial charge < -0.3 is 5.32 Å². The average Bonchev–Trinajstić information content (AvgIpc) is 3.47. The van der Waals surface area contributed by atoms with Crippen molar-refractivity contribution < 1.29 is 26.4 Å². The van der Waals surface area contributed by atoms with Crippen molar-refractivity contribution in [2.45, 2.75) is 61.4 Å². The van der Waals surface area contributed by atoms with Crippen LogP contribution < -0.4 is 10.6 Å². The van der Waals surface area contributed by atoms with E-state index in [1.54, 1.807) is 0 Å². The fourth-order valence-electron chi connectivity index (χ4n) is 3.21. The first kappa shape index (κ1) is 24.6. The fourth-order valence-corrected chi connectivity index (χ4v) is 4.46. The second-order valence-electron chi connectivity index (χ2n) is 7.62. The molecule has 2 atom stereocenters. The first-order valence-electron chi connectivity index (χ1n) is 9.62. The van der Waals surface area contributed by atoms with Gasteiger partial charge in [0, 0.05) is 12.7 Å². The third kappa shape index (κ3) is 5.75. The maximum Gasteiger partial charge on any atom is 0.257 e. The SMILES string of the molecule is CS(=O)(=O)C(CCCCC#N)(NC(c1ccc(F)cc1)C(F)F)C(=O)NC1(C#N)CC1. The van der Waals surface area contributed by atoms with Crippen molar-refractivity contribution in [2.24, 2.45) is 0 Å². The van der Waals surface area contributed by atoms with Crippen LogP contribution in [0.5, 0.6) is 0 Å². The molecule has 0 aromatic heterocycles. The van der Waals surface area contributed by atoms with Gasteiger partial charge in [-0.3, -0.25) is 10.1 Å². The Bertz CT molecular complexity index is 982. The number of nitrogens with one attached hydrogen (secondary N) is 2. The quantitative estimate of drug-likeness (QED) is 0.494. The minimum Gasteiger partial charge on any atom is -0.335 e. The number of carbonyl (C=O) groups is 1. The molecule has 7 nitrogen and oxygen atoms in total. The van der Waals surface area contributed by atoms with E-state index < -0.39 is 44.4 Å². The first-order chi connectivity index (χ1) is 14.5. The molecule has 1 aliphatic carbocycles. The molecule has 11 heteroatoms. The van der Waals surface area contributed by atoms with Crippen LogP contribution in [0.2, 0.25) is 0 Å². The van der Waals surface area contributed by atoms with Crippen LogP contribution in [0, 0.1) is 28.5 Å². The highest BCUT2D eigenvalue weighted by Crippen LogP contribution is 2.37. The number of alkyl halides is 2. The van der Waals surface area contributed by atoms with Crippen LogP contribution in [0.15, 0.2) is 24.3 Å². The number of hydrogen-bond donors (Lipinski definition) is 2. The Morgan fingerprint density at radius 1 is 1.23 bits per heavy atom. The third-order valence-electron chi connectivity index (χ3n) is 5.25. The van der Waals surface area contributed by atoms with Crippen LogP contribution in [-0.2, 0) is 14.6 Å². The molecule has 1 aromatic carbocycles. The Hall–Kier alpha value is -2.63. The summed E-state index contributed by atoms with van der Waals surface area (Å²) in [5, 5.41) is 22.7. The number of nitriles is 2. The maximum absolute atomic E-state index is 13.9. The standard InChI is InChI=1S/C20H23F3N4O3S/c1-31(29,30)20(9-3-2-4-12-24,18(28)27-19(13-25)10-11-19)26-16(17(22)23)14-5-7-15(21)8-6-14/h5-8,16-17,26H,2-4,9-11H2,1H3,(H,27,28). The second-order valence-corrected chi connectivity index (χ2v) is 9.86. The molecule has 0 spiro atoms. The summed E-state index contributed by atoms with van der Waals surface area (Å²) in [4.78, 5) is 10.7. The predicted molar refractivity (Wildman–Crippen MR) is 106 cm³/mol. The molecule has 168 valence electrons. The van der Waals surface area contributed by atoms with E-state index in [4.69, 9.17) is 5.26 Å². The van der Waals surface area contributed by atoms with Gasteiger partial charge >= 0.3 is 0 Å². The molecule has 2 unspecified atom stereocenters. The molecule has 0 aliphatic heterocycles.